The number of ether oxygens (including phenoxy) is 2. The molecular formula is C13H19N5O4S. The van der Waals surface area contributed by atoms with E-state index in [1.54, 1.807) is 11.8 Å². The van der Waals surface area contributed by atoms with Gasteiger partial charge in [-0.3, -0.25) is 4.79 Å². The lowest BCUT2D eigenvalue weighted by molar-refractivity contribution is -0.150. The van der Waals surface area contributed by atoms with Crippen molar-refractivity contribution in [3.05, 3.63) is 0 Å². The molecular weight excluding hydrogens is 322 g/mol. The van der Waals surface area contributed by atoms with E-state index < -0.39 is 12.0 Å². The second-order valence-corrected chi connectivity index (χ2v) is 6.55. The Morgan fingerprint density at radius 1 is 1.35 bits per heavy atom. The number of amides is 1. The first-order valence-electron chi connectivity index (χ1n) is 7.44. The van der Waals surface area contributed by atoms with Crippen LogP contribution in [0.15, 0.2) is 5.16 Å². The van der Waals surface area contributed by atoms with E-state index in [0.29, 0.717) is 24.2 Å². The first-order valence-corrected chi connectivity index (χ1v) is 8.43. The van der Waals surface area contributed by atoms with Crippen LogP contribution in [0.1, 0.15) is 25.3 Å². The van der Waals surface area contributed by atoms with Crippen LogP contribution in [-0.2, 0) is 19.1 Å². The summed E-state index contributed by atoms with van der Waals surface area (Å²) in [5, 5.41) is 12.2. The molecule has 2 heterocycles. The zero-order chi connectivity index (χ0) is 16.4. The van der Waals surface area contributed by atoms with Crippen LogP contribution >= 0.6 is 11.8 Å². The summed E-state index contributed by atoms with van der Waals surface area (Å²) in [4.78, 5) is 25.9. The van der Waals surface area contributed by atoms with E-state index in [1.165, 1.54) is 23.8 Å². The van der Waals surface area contributed by atoms with Crippen molar-refractivity contribution >= 4 is 23.6 Å². The fourth-order valence-electron chi connectivity index (χ4n) is 2.64. The highest BCUT2D eigenvalue weighted by atomic mass is 32.2. The van der Waals surface area contributed by atoms with Crippen LogP contribution in [0.3, 0.4) is 0 Å². The van der Waals surface area contributed by atoms with Gasteiger partial charge in [-0.2, -0.15) is 0 Å². The summed E-state index contributed by atoms with van der Waals surface area (Å²) in [7, 11) is 2.90. The first-order chi connectivity index (χ1) is 11.1. The Kier molecular flexibility index (Phi) is 4.81. The molecule has 0 radical (unpaired) electrons. The number of methoxy groups -OCH3 is 2. The van der Waals surface area contributed by atoms with Gasteiger partial charge in [-0.05, 0) is 23.3 Å². The molecule has 1 aliphatic heterocycles. The van der Waals surface area contributed by atoms with Crippen molar-refractivity contribution in [1.82, 2.24) is 25.1 Å². The van der Waals surface area contributed by atoms with Gasteiger partial charge in [0, 0.05) is 20.1 Å². The van der Waals surface area contributed by atoms with Crippen LogP contribution in [0.2, 0.25) is 0 Å². The van der Waals surface area contributed by atoms with E-state index in [2.05, 4.69) is 15.5 Å². The van der Waals surface area contributed by atoms with E-state index in [0.717, 1.165) is 12.8 Å². The SMILES string of the molecule is COC(=O)[C@@H]1C[C@@H](OC)CN1C(=O)CSc1nnnn1C1CC1. The van der Waals surface area contributed by atoms with Crippen LogP contribution in [0.4, 0.5) is 0 Å². The summed E-state index contributed by atoms with van der Waals surface area (Å²) >= 11 is 1.29. The van der Waals surface area contributed by atoms with Gasteiger partial charge < -0.3 is 14.4 Å². The smallest absolute Gasteiger partial charge is 0.328 e. The van der Waals surface area contributed by atoms with Crippen LogP contribution in [0, 0.1) is 0 Å². The Hall–Kier alpha value is -1.68. The van der Waals surface area contributed by atoms with Gasteiger partial charge >= 0.3 is 5.97 Å². The largest absolute Gasteiger partial charge is 0.467 e. The normalized spacial score (nSPS) is 24.0. The summed E-state index contributed by atoms with van der Waals surface area (Å²) in [6.45, 7) is 0.392. The van der Waals surface area contributed by atoms with Crippen molar-refractivity contribution in [2.45, 2.75) is 42.6 Å². The highest BCUT2D eigenvalue weighted by molar-refractivity contribution is 7.99. The van der Waals surface area contributed by atoms with E-state index in [4.69, 9.17) is 9.47 Å². The van der Waals surface area contributed by atoms with Gasteiger partial charge in [-0.1, -0.05) is 11.8 Å². The van der Waals surface area contributed by atoms with Gasteiger partial charge in [0.2, 0.25) is 11.1 Å². The van der Waals surface area contributed by atoms with E-state index in [1.807, 2.05) is 0 Å². The fraction of sp³-hybridized carbons (Fsp3) is 0.769. The third-order valence-corrected chi connectivity index (χ3v) is 4.99. The summed E-state index contributed by atoms with van der Waals surface area (Å²) in [5.74, 6) is -0.377. The number of rotatable bonds is 6. The average molecular weight is 341 g/mol. The maximum atomic E-state index is 12.5. The molecule has 2 fully saturated rings. The molecule has 0 unspecified atom stereocenters. The van der Waals surface area contributed by atoms with Gasteiger partial charge in [0.15, 0.2) is 0 Å². The molecule has 9 nitrogen and oxygen atoms in total. The van der Waals surface area contributed by atoms with Gasteiger partial charge in [0.05, 0.1) is 25.0 Å². The van der Waals surface area contributed by atoms with Crippen LogP contribution in [0.5, 0.6) is 0 Å². The second kappa shape index (κ2) is 6.83. The molecule has 1 aliphatic carbocycles. The topological polar surface area (TPSA) is 99.4 Å². The predicted octanol–water partition coefficient (Wildman–Crippen LogP) is -0.111. The third kappa shape index (κ3) is 3.47. The van der Waals surface area contributed by atoms with Crippen molar-refractivity contribution in [3.8, 4) is 0 Å². The quantitative estimate of drug-likeness (QED) is 0.522. The van der Waals surface area contributed by atoms with Crippen molar-refractivity contribution in [2.75, 3.05) is 26.5 Å². The number of likely N-dealkylation sites (tertiary alicyclic amines) is 1. The third-order valence-electron chi connectivity index (χ3n) is 4.07. The van der Waals surface area contributed by atoms with E-state index >= 15 is 0 Å². The first kappa shape index (κ1) is 16.2. The lowest BCUT2D eigenvalue weighted by Crippen LogP contribution is -2.42. The fourth-order valence-corrected chi connectivity index (χ4v) is 3.47. The molecule has 1 amide bonds. The molecule has 1 saturated carbocycles. The van der Waals surface area contributed by atoms with Gasteiger partial charge in [0.1, 0.15) is 6.04 Å². The molecule has 0 spiro atoms. The minimum Gasteiger partial charge on any atom is -0.467 e. The maximum absolute atomic E-state index is 12.5. The molecule has 0 N–H and O–H groups in total. The standard InChI is InChI=1S/C13H19N5O4S/c1-21-9-5-10(12(20)22-2)17(6-9)11(19)7-23-13-14-15-16-18(13)8-3-4-8/h8-10H,3-7H2,1-2H3/t9-,10+/m1/s1. The summed E-state index contributed by atoms with van der Waals surface area (Å²) in [6, 6.07) is -0.229. The number of thioether (sulfide) groups is 1. The summed E-state index contributed by atoms with van der Waals surface area (Å²) in [5.41, 5.74) is 0. The highest BCUT2D eigenvalue weighted by Crippen LogP contribution is 2.36. The monoisotopic (exact) mass is 341 g/mol. The number of aromatic nitrogens is 4. The van der Waals surface area contributed by atoms with Crippen molar-refractivity contribution in [1.29, 1.82) is 0 Å². The lowest BCUT2D eigenvalue weighted by Gasteiger charge is -2.22. The number of carbonyl (C=O) groups is 2. The molecule has 2 aliphatic rings. The minimum atomic E-state index is -0.586. The summed E-state index contributed by atoms with van der Waals surface area (Å²) < 4.78 is 11.8. The van der Waals surface area contributed by atoms with Crippen LogP contribution in [0.25, 0.3) is 0 Å². The van der Waals surface area contributed by atoms with Crippen molar-refractivity contribution in [3.63, 3.8) is 0 Å². The van der Waals surface area contributed by atoms with Crippen LogP contribution in [-0.4, -0.2) is 75.6 Å². The molecule has 1 aromatic heterocycles. The molecule has 1 saturated heterocycles. The van der Waals surface area contributed by atoms with E-state index in [9.17, 15) is 9.59 Å². The Morgan fingerprint density at radius 3 is 2.78 bits per heavy atom. The maximum Gasteiger partial charge on any atom is 0.328 e. The molecule has 3 rings (SSSR count). The Labute approximate surface area is 137 Å². The van der Waals surface area contributed by atoms with Gasteiger partial charge in [-0.15, -0.1) is 5.10 Å². The van der Waals surface area contributed by atoms with Crippen LogP contribution < -0.4 is 0 Å². The van der Waals surface area contributed by atoms with E-state index in [-0.39, 0.29) is 17.8 Å². The zero-order valence-electron chi connectivity index (χ0n) is 13.0. The summed E-state index contributed by atoms with van der Waals surface area (Å²) in [6.07, 6.45) is 2.45. The minimum absolute atomic E-state index is 0.143. The molecule has 1 aromatic rings. The number of tetrazole rings is 1. The number of carbonyl (C=O) groups excluding carboxylic acids is 2. The molecule has 0 bridgehead atoms. The Morgan fingerprint density at radius 2 is 2.13 bits per heavy atom. The number of nitrogens with zero attached hydrogens (tertiary/aromatic N) is 5. The van der Waals surface area contributed by atoms with Gasteiger partial charge in [0.25, 0.3) is 0 Å². The number of hydrogen-bond donors (Lipinski definition) is 0. The average Bonchev–Trinajstić information content (AvgIpc) is 3.14. The molecule has 23 heavy (non-hydrogen) atoms. The van der Waals surface area contributed by atoms with Gasteiger partial charge in [-0.25, -0.2) is 9.48 Å². The molecule has 10 heteroatoms. The zero-order valence-corrected chi connectivity index (χ0v) is 13.9. The Balaban J connectivity index is 1.61. The van der Waals surface area contributed by atoms with Crippen molar-refractivity contribution < 1.29 is 19.1 Å². The predicted molar refractivity (Wildman–Crippen MR) is 79.7 cm³/mol. The number of esters is 1. The second-order valence-electron chi connectivity index (χ2n) is 5.60. The number of hydrogen-bond acceptors (Lipinski definition) is 8. The lowest BCUT2D eigenvalue weighted by atomic mass is 10.2. The molecule has 2 atom stereocenters. The van der Waals surface area contributed by atoms with Crippen molar-refractivity contribution in [2.24, 2.45) is 0 Å². The Bertz CT molecular complexity index is 591. The highest BCUT2D eigenvalue weighted by Gasteiger charge is 2.40. The molecule has 126 valence electrons. The molecule has 0 aromatic carbocycles.